The van der Waals surface area contributed by atoms with Crippen LogP contribution in [0, 0.1) is 0 Å². The first-order chi connectivity index (χ1) is 7.77. The van der Waals surface area contributed by atoms with Crippen LogP contribution in [0.2, 0.25) is 0 Å². The van der Waals surface area contributed by atoms with Crippen LogP contribution in [0.15, 0.2) is 0 Å². The van der Waals surface area contributed by atoms with Crippen molar-refractivity contribution in [3.05, 3.63) is 0 Å². The van der Waals surface area contributed by atoms with Gasteiger partial charge in [0.05, 0.1) is 5.54 Å². The lowest BCUT2D eigenvalue weighted by Crippen LogP contribution is -2.59. The van der Waals surface area contributed by atoms with Crippen LogP contribution < -0.4 is 10.6 Å². The number of ether oxygens (including phenoxy) is 1. The Labute approximate surface area is 101 Å². The maximum atomic E-state index is 14.6. The molecule has 5 heteroatoms. The Balaban J connectivity index is 2.05. The zero-order valence-electron chi connectivity index (χ0n) is 10.7. The average Bonchev–Trinajstić information content (AvgIpc) is 2.53. The lowest BCUT2D eigenvalue weighted by molar-refractivity contribution is 0.0333. The van der Waals surface area contributed by atoms with Gasteiger partial charge in [0.1, 0.15) is 11.3 Å². The predicted molar refractivity (Wildman–Crippen MR) is 62.7 cm³/mol. The van der Waals surface area contributed by atoms with E-state index in [-0.39, 0.29) is 0 Å². The summed E-state index contributed by atoms with van der Waals surface area (Å²) in [5.74, 6) is 0. The molecule has 0 radical (unpaired) electrons. The maximum absolute atomic E-state index is 14.6. The van der Waals surface area contributed by atoms with E-state index >= 15 is 0 Å². The molecule has 2 rings (SSSR count). The molecule has 2 N–H and O–H groups in total. The largest absolute Gasteiger partial charge is 0.444 e. The zero-order chi connectivity index (χ0) is 12.7. The molecule has 0 aromatic carbocycles. The van der Waals surface area contributed by atoms with E-state index in [9.17, 15) is 9.18 Å². The summed E-state index contributed by atoms with van der Waals surface area (Å²) in [5.41, 5.74) is -2.64. The van der Waals surface area contributed by atoms with Crippen molar-refractivity contribution in [3.8, 4) is 0 Å². The van der Waals surface area contributed by atoms with E-state index in [0.717, 1.165) is 6.42 Å². The Bertz CT molecular complexity index is 315. The van der Waals surface area contributed by atoms with Gasteiger partial charge < -0.3 is 15.4 Å². The summed E-state index contributed by atoms with van der Waals surface area (Å²) in [6, 6.07) is 0. The van der Waals surface area contributed by atoms with Crippen molar-refractivity contribution < 1.29 is 13.9 Å². The summed E-state index contributed by atoms with van der Waals surface area (Å²) in [7, 11) is 0. The molecule has 98 valence electrons. The molecule has 1 saturated carbocycles. The molecule has 0 aromatic rings. The maximum Gasteiger partial charge on any atom is 0.408 e. The van der Waals surface area contributed by atoms with Crippen LogP contribution in [0.4, 0.5) is 9.18 Å². The van der Waals surface area contributed by atoms with Crippen LogP contribution in [0.5, 0.6) is 0 Å². The Morgan fingerprint density at radius 2 is 2.06 bits per heavy atom. The monoisotopic (exact) mass is 244 g/mol. The van der Waals surface area contributed by atoms with E-state index in [0.29, 0.717) is 25.9 Å². The molecule has 0 aromatic heterocycles. The van der Waals surface area contributed by atoms with Crippen molar-refractivity contribution in [1.82, 2.24) is 10.6 Å². The number of alkyl carbamates (subject to hydrolysis) is 1. The van der Waals surface area contributed by atoms with E-state index in [4.69, 9.17) is 4.74 Å². The van der Waals surface area contributed by atoms with Gasteiger partial charge in [-0.25, -0.2) is 9.18 Å². The van der Waals surface area contributed by atoms with Crippen molar-refractivity contribution in [2.24, 2.45) is 0 Å². The first-order valence-electron chi connectivity index (χ1n) is 6.17. The average molecular weight is 244 g/mol. The minimum absolute atomic E-state index is 0.322. The molecule has 1 amide bonds. The van der Waals surface area contributed by atoms with E-state index in [1.165, 1.54) is 0 Å². The summed E-state index contributed by atoms with van der Waals surface area (Å²) >= 11 is 0. The van der Waals surface area contributed by atoms with Gasteiger partial charge in [-0.2, -0.15) is 0 Å². The summed E-state index contributed by atoms with van der Waals surface area (Å²) in [6.07, 6.45) is 1.48. The number of hydrogen-bond acceptors (Lipinski definition) is 3. The number of fused-ring (bicyclic) bond motifs is 1. The second-order valence-electron chi connectivity index (χ2n) is 6.13. The van der Waals surface area contributed by atoms with Gasteiger partial charge >= 0.3 is 6.09 Å². The van der Waals surface area contributed by atoms with Gasteiger partial charge in [-0.1, -0.05) is 0 Å². The fraction of sp³-hybridized carbons (Fsp3) is 0.917. The standard InChI is InChI=1S/C12H21FN2O2/c1-10(2,3)17-9(16)15-12-6-4-5-11(12,13)7-14-8-12/h14H,4-8H2,1-3H3,(H,15,16)/t11-,12-/m1/s1. The molecule has 1 aliphatic carbocycles. The molecule has 2 aliphatic rings. The summed E-state index contributed by atoms with van der Waals surface area (Å²) in [5, 5.41) is 5.78. The second kappa shape index (κ2) is 3.83. The number of amides is 1. The molecule has 1 heterocycles. The van der Waals surface area contributed by atoms with Crippen molar-refractivity contribution in [1.29, 1.82) is 0 Å². The molecular weight excluding hydrogens is 223 g/mol. The molecule has 4 nitrogen and oxygen atoms in total. The van der Waals surface area contributed by atoms with Crippen molar-refractivity contribution in [2.45, 2.75) is 56.8 Å². The van der Waals surface area contributed by atoms with Crippen LogP contribution in [0.1, 0.15) is 40.0 Å². The quantitative estimate of drug-likeness (QED) is 0.738. The Hall–Kier alpha value is -0.840. The molecule has 0 spiro atoms. The fourth-order valence-corrected chi connectivity index (χ4v) is 2.83. The smallest absolute Gasteiger partial charge is 0.408 e. The lowest BCUT2D eigenvalue weighted by Gasteiger charge is -2.34. The Kier molecular flexibility index (Phi) is 2.84. The fourth-order valence-electron chi connectivity index (χ4n) is 2.83. The first kappa shape index (κ1) is 12.6. The molecule has 17 heavy (non-hydrogen) atoms. The van der Waals surface area contributed by atoms with Crippen molar-refractivity contribution in [3.63, 3.8) is 0 Å². The highest BCUT2D eigenvalue weighted by Crippen LogP contribution is 2.44. The van der Waals surface area contributed by atoms with Gasteiger partial charge in [-0.05, 0) is 40.0 Å². The molecular formula is C12H21FN2O2. The second-order valence-corrected chi connectivity index (χ2v) is 6.13. The van der Waals surface area contributed by atoms with Gasteiger partial charge in [0.2, 0.25) is 0 Å². The first-order valence-corrected chi connectivity index (χ1v) is 6.17. The summed E-state index contributed by atoms with van der Waals surface area (Å²) in [6.45, 7) is 6.21. The highest BCUT2D eigenvalue weighted by Gasteiger charge is 2.60. The summed E-state index contributed by atoms with van der Waals surface area (Å²) < 4.78 is 19.8. The molecule has 2 fully saturated rings. The number of nitrogens with one attached hydrogen (secondary N) is 2. The Morgan fingerprint density at radius 1 is 1.35 bits per heavy atom. The summed E-state index contributed by atoms with van der Waals surface area (Å²) in [4.78, 5) is 11.8. The van der Waals surface area contributed by atoms with Crippen LogP contribution in [0.25, 0.3) is 0 Å². The van der Waals surface area contributed by atoms with E-state index < -0.39 is 22.9 Å². The van der Waals surface area contributed by atoms with Crippen molar-refractivity contribution >= 4 is 6.09 Å². The van der Waals surface area contributed by atoms with Gasteiger partial charge in [0.15, 0.2) is 0 Å². The zero-order valence-corrected chi connectivity index (χ0v) is 10.7. The predicted octanol–water partition coefficient (Wildman–Crippen LogP) is 1.75. The number of carbonyl (C=O) groups is 1. The van der Waals surface area contributed by atoms with Gasteiger partial charge in [-0.3, -0.25) is 0 Å². The topological polar surface area (TPSA) is 50.4 Å². The lowest BCUT2D eigenvalue weighted by atomic mass is 9.88. The van der Waals surface area contributed by atoms with Crippen molar-refractivity contribution in [2.75, 3.05) is 13.1 Å². The molecule has 1 saturated heterocycles. The molecule has 2 atom stereocenters. The minimum atomic E-state index is -1.32. The molecule has 0 bridgehead atoms. The number of hydrogen-bond donors (Lipinski definition) is 2. The van der Waals surface area contributed by atoms with E-state index in [2.05, 4.69) is 10.6 Å². The van der Waals surface area contributed by atoms with Crippen LogP contribution >= 0.6 is 0 Å². The van der Waals surface area contributed by atoms with Gasteiger partial charge in [-0.15, -0.1) is 0 Å². The highest BCUT2D eigenvalue weighted by atomic mass is 19.1. The SMILES string of the molecule is CC(C)(C)OC(=O)N[C@@]12CCC[C@@]1(F)CNC2. The Morgan fingerprint density at radius 3 is 2.71 bits per heavy atom. The number of rotatable bonds is 1. The third-order valence-electron chi connectivity index (χ3n) is 3.61. The van der Waals surface area contributed by atoms with Crippen LogP contribution in [0.3, 0.4) is 0 Å². The third-order valence-corrected chi connectivity index (χ3v) is 3.61. The molecule has 0 unspecified atom stereocenters. The number of carbonyl (C=O) groups excluding carboxylic acids is 1. The number of alkyl halides is 1. The molecule has 1 aliphatic heterocycles. The highest BCUT2D eigenvalue weighted by molar-refractivity contribution is 5.69. The van der Waals surface area contributed by atoms with Crippen LogP contribution in [-0.2, 0) is 4.74 Å². The normalized spacial score (nSPS) is 36.7. The number of halogens is 1. The third kappa shape index (κ3) is 2.25. The van der Waals surface area contributed by atoms with E-state index in [1.54, 1.807) is 20.8 Å². The van der Waals surface area contributed by atoms with Crippen LogP contribution in [-0.4, -0.2) is 36.0 Å². The van der Waals surface area contributed by atoms with E-state index in [1.807, 2.05) is 0 Å². The van der Waals surface area contributed by atoms with Gasteiger partial charge in [0.25, 0.3) is 0 Å². The minimum Gasteiger partial charge on any atom is -0.444 e. The van der Waals surface area contributed by atoms with Gasteiger partial charge in [0, 0.05) is 13.1 Å².